The Morgan fingerprint density at radius 1 is 1.00 bits per heavy atom. The van der Waals surface area contributed by atoms with E-state index in [1.165, 1.54) is 5.56 Å². The molecule has 108 valence electrons. The summed E-state index contributed by atoms with van der Waals surface area (Å²) >= 11 is 0. The van der Waals surface area contributed by atoms with Gasteiger partial charge in [0.1, 0.15) is 0 Å². The third kappa shape index (κ3) is 4.02. The highest BCUT2D eigenvalue weighted by atomic mass is 16.2. The number of carbonyl (C=O) groups is 1. The minimum atomic E-state index is -0.184. The number of carbonyl (C=O) groups excluding carboxylic acids is 1. The van der Waals surface area contributed by atoms with E-state index in [9.17, 15) is 4.79 Å². The fourth-order valence-corrected chi connectivity index (χ4v) is 2.06. The molecule has 0 aliphatic rings. The number of hydrazone groups is 1. The third-order valence-corrected chi connectivity index (χ3v) is 3.29. The van der Waals surface area contributed by atoms with Crippen molar-refractivity contribution >= 4 is 11.6 Å². The number of hydrogen-bond acceptors (Lipinski definition) is 2. The van der Waals surface area contributed by atoms with Crippen molar-refractivity contribution in [2.45, 2.75) is 27.2 Å². The third-order valence-electron chi connectivity index (χ3n) is 3.29. The van der Waals surface area contributed by atoms with Crippen LogP contribution in [0.5, 0.6) is 0 Å². The van der Waals surface area contributed by atoms with Gasteiger partial charge in [0.05, 0.1) is 5.71 Å². The second kappa shape index (κ2) is 6.84. The van der Waals surface area contributed by atoms with E-state index in [2.05, 4.69) is 10.5 Å². The molecule has 0 bridgehead atoms. The summed E-state index contributed by atoms with van der Waals surface area (Å²) in [5.74, 6) is -0.184. The number of nitrogens with one attached hydrogen (secondary N) is 1. The molecule has 0 saturated heterocycles. The van der Waals surface area contributed by atoms with Crippen LogP contribution in [0.3, 0.4) is 0 Å². The second-order valence-corrected chi connectivity index (χ2v) is 5.09. The fraction of sp³-hybridized carbons (Fsp3) is 0.222. The van der Waals surface area contributed by atoms with Gasteiger partial charge in [0.2, 0.25) is 0 Å². The van der Waals surface area contributed by atoms with Gasteiger partial charge in [-0.15, -0.1) is 0 Å². The van der Waals surface area contributed by atoms with Crippen molar-refractivity contribution in [3.8, 4) is 0 Å². The van der Waals surface area contributed by atoms with E-state index in [1.54, 1.807) is 6.07 Å². The maximum Gasteiger partial charge on any atom is 0.271 e. The number of benzene rings is 2. The van der Waals surface area contributed by atoms with Gasteiger partial charge in [0.15, 0.2) is 0 Å². The average molecular weight is 280 g/mol. The summed E-state index contributed by atoms with van der Waals surface area (Å²) in [5, 5.41) is 4.27. The van der Waals surface area contributed by atoms with Crippen molar-refractivity contribution < 1.29 is 4.79 Å². The highest BCUT2D eigenvalue weighted by molar-refractivity contribution is 6.02. The molecule has 0 saturated carbocycles. The molecule has 0 aromatic heterocycles. The highest BCUT2D eigenvalue weighted by Crippen LogP contribution is 2.08. The molecule has 0 radical (unpaired) electrons. The zero-order valence-electron chi connectivity index (χ0n) is 12.7. The summed E-state index contributed by atoms with van der Waals surface area (Å²) in [4.78, 5) is 12.1. The maximum absolute atomic E-state index is 12.1. The van der Waals surface area contributed by atoms with Gasteiger partial charge in [0.25, 0.3) is 5.91 Å². The van der Waals surface area contributed by atoms with E-state index >= 15 is 0 Å². The number of hydrogen-bond donors (Lipinski definition) is 1. The van der Waals surface area contributed by atoms with Crippen LogP contribution in [0, 0.1) is 13.8 Å². The van der Waals surface area contributed by atoms with Crippen LogP contribution in [-0.2, 0) is 0 Å². The van der Waals surface area contributed by atoms with Gasteiger partial charge in [-0.25, -0.2) is 5.43 Å². The van der Waals surface area contributed by atoms with Gasteiger partial charge in [-0.05, 0) is 38.0 Å². The summed E-state index contributed by atoms with van der Waals surface area (Å²) < 4.78 is 0. The molecule has 2 rings (SSSR count). The molecule has 1 N–H and O–H groups in total. The van der Waals surface area contributed by atoms with Gasteiger partial charge < -0.3 is 0 Å². The zero-order chi connectivity index (χ0) is 15.2. The van der Waals surface area contributed by atoms with Gasteiger partial charge >= 0.3 is 0 Å². The first-order chi connectivity index (χ1) is 10.1. The molecule has 0 heterocycles. The summed E-state index contributed by atoms with van der Waals surface area (Å²) in [5.41, 5.74) is 7.43. The molecule has 0 aliphatic heterocycles. The van der Waals surface area contributed by atoms with E-state index in [4.69, 9.17) is 0 Å². The number of nitrogens with zero attached hydrogens (tertiary/aromatic N) is 1. The summed E-state index contributed by atoms with van der Waals surface area (Å²) in [7, 11) is 0. The minimum Gasteiger partial charge on any atom is -0.267 e. The van der Waals surface area contributed by atoms with Crippen molar-refractivity contribution in [1.29, 1.82) is 0 Å². The van der Waals surface area contributed by atoms with E-state index in [1.807, 2.05) is 63.2 Å². The van der Waals surface area contributed by atoms with E-state index in [0.29, 0.717) is 5.56 Å². The first-order valence-electron chi connectivity index (χ1n) is 7.10. The summed E-state index contributed by atoms with van der Waals surface area (Å²) in [6.07, 6.45) is 0.761. The monoisotopic (exact) mass is 280 g/mol. The molecule has 2 aromatic carbocycles. The van der Waals surface area contributed by atoms with Crippen molar-refractivity contribution in [3.05, 3.63) is 70.8 Å². The summed E-state index contributed by atoms with van der Waals surface area (Å²) in [6, 6.07) is 15.6. The maximum atomic E-state index is 12.1. The molecule has 0 spiro atoms. The normalized spacial score (nSPS) is 11.3. The van der Waals surface area contributed by atoms with Crippen LogP contribution in [0.2, 0.25) is 0 Å². The SMILES string of the molecule is CCC(=NNC(=O)c1cccc(C)c1)c1ccc(C)cc1. The molecule has 1 amide bonds. The standard InChI is InChI=1S/C18H20N2O/c1-4-17(15-10-8-13(2)9-11-15)19-20-18(21)16-7-5-6-14(3)12-16/h5-12H,4H2,1-3H3,(H,20,21). The molecule has 0 aliphatic carbocycles. The van der Waals surface area contributed by atoms with Crippen LogP contribution < -0.4 is 5.43 Å². The number of amides is 1. The van der Waals surface area contributed by atoms with Crippen LogP contribution >= 0.6 is 0 Å². The Morgan fingerprint density at radius 2 is 1.71 bits per heavy atom. The quantitative estimate of drug-likeness (QED) is 0.671. The van der Waals surface area contributed by atoms with Crippen molar-refractivity contribution in [1.82, 2.24) is 5.43 Å². The topological polar surface area (TPSA) is 41.5 Å². The first kappa shape index (κ1) is 15.0. The minimum absolute atomic E-state index is 0.184. The van der Waals surface area contributed by atoms with Crippen LogP contribution in [0.1, 0.15) is 40.4 Å². The van der Waals surface area contributed by atoms with Crippen LogP contribution in [0.15, 0.2) is 53.6 Å². The number of aryl methyl sites for hydroxylation is 2. The van der Waals surface area contributed by atoms with E-state index in [0.717, 1.165) is 23.3 Å². The molecular formula is C18H20N2O. The summed E-state index contributed by atoms with van der Waals surface area (Å²) in [6.45, 7) is 6.04. The lowest BCUT2D eigenvalue weighted by atomic mass is 10.1. The van der Waals surface area contributed by atoms with E-state index < -0.39 is 0 Å². The Morgan fingerprint density at radius 3 is 2.33 bits per heavy atom. The largest absolute Gasteiger partial charge is 0.271 e. The molecular weight excluding hydrogens is 260 g/mol. The Balaban J connectivity index is 2.14. The molecule has 0 fully saturated rings. The molecule has 2 aromatic rings. The Bertz CT molecular complexity index is 657. The molecule has 3 nitrogen and oxygen atoms in total. The lowest BCUT2D eigenvalue weighted by Gasteiger charge is -2.06. The van der Waals surface area contributed by atoms with Crippen LogP contribution in [0.4, 0.5) is 0 Å². The van der Waals surface area contributed by atoms with Crippen LogP contribution in [-0.4, -0.2) is 11.6 Å². The number of rotatable bonds is 4. The molecule has 0 unspecified atom stereocenters. The lowest BCUT2D eigenvalue weighted by molar-refractivity contribution is 0.0954. The lowest BCUT2D eigenvalue weighted by Crippen LogP contribution is -2.20. The smallest absolute Gasteiger partial charge is 0.267 e. The molecule has 0 atom stereocenters. The van der Waals surface area contributed by atoms with Crippen molar-refractivity contribution in [2.24, 2.45) is 5.10 Å². The fourth-order valence-electron chi connectivity index (χ4n) is 2.06. The van der Waals surface area contributed by atoms with Gasteiger partial charge in [0, 0.05) is 5.56 Å². The predicted octanol–water partition coefficient (Wildman–Crippen LogP) is 3.85. The average Bonchev–Trinajstić information content (AvgIpc) is 2.49. The first-order valence-corrected chi connectivity index (χ1v) is 7.10. The second-order valence-electron chi connectivity index (χ2n) is 5.09. The Hall–Kier alpha value is -2.42. The zero-order valence-corrected chi connectivity index (χ0v) is 12.7. The van der Waals surface area contributed by atoms with Crippen LogP contribution in [0.25, 0.3) is 0 Å². The highest BCUT2D eigenvalue weighted by Gasteiger charge is 2.06. The van der Waals surface area contributed by atoms with Gasteiger partial charge in [-0.1, -0.05) is 54.4 Å². The Kier molecular flexibility index (Phi) is 4.88. The predicted molar refractivity (Wildman–Crippen MR) is 86.7 cm³/mol. The van der Waals surface area contributed by atoms with Gasteiger partial charge in [-0.3, -0.25) is 4.79 Å². The van der Waals surface area contributed by atoms with Crippen molar-refractivity contribution in [2.75, 3.05) is 0 Å². The molecule has 3 heteroatoms. The van der Waals surface area contributed by atoms with Crippen molar-refractivity contribution in [3.63, 3.8) is 0 Å². The van der Waals surface area contributed by atoms with Gasteiger partial charge in [-0.2, -0.15) is 5.10 Å². The Labute approximate surface area is 125 Å². The molecule has 21 heavy (non-hydrogen) atoms. The van der Waals surface area contributed by atoms with E-state index in [-0.39, 0.29) is 5.91 Å².